The first-order chi connectivity index (χ1) is 11.8. The monoisotopic (exact) mass is 324 g/mol. The van der Waals surface area contributed by atoms with E-state index in [0.29, 0.717) is 12.5 Å². The number of benzene rings is 1. The standard InChI is InChI=1S/C18H20N4O2/c1-23-15-6-4-14(5-7-15)8-10-19-18-20-11-9-17(22-18)21-13-16-3-2-12-24-16/h2-7,9,11-12H,8,10,13H2,1H3,(H2,19,20,21,22). The van der Waals surface area contributed by atoms with Gasteiger partial charge >= 0.3 is 0 Å². The SMILES string of the molecule is COc1ccc(CCNc2nccc(NCc3ccco3)n2)cc1. The van der Waals surface area contributed by atoms with E-state index >= 15 is 0 Å². The molecule has 0 unspecified atom stereocenters. The molecule has 0 amide bonds. The van der Waals surface area contributed by atoms with Crippen LogP contribution in [-0.4, -0.2) is 23.6 Å². The van der Waals surface area contributed by atoms with Gasteiger partial charge in [0, 0.05) is 12.7 Å². The summed E-state index contributed by atoms with van der Waals surface area (Å²) in [6.45, 7) is 1.35. The smallest absolute Gasteiger partial charge is 0.224 e. The molecule has 6 heteroatoms. The fourth-order valence-electron chi connectivity index (χ4n) is 2.24. The van der Waals surface area contributed by atoms with E-state index in [4.69, 9.17) is 9.15 Å². The molecule has 2 heterocycles. The van der Waals surface area contributed by atoms with Crippen molar-refractivity contribution in [1.29, 1.82) is 0 Å². The molecule has 0 saturated carbocycles. The van der Waals surface area contributed by atoms with Crippen LogP contribution in [0.5, 0.6) is 5.75 Å². The van der Waals surface area contributed by atoms with Crippen molar-refractivity contribution in [1.82, 2.24) is 9.97 Å². The lowest BCUT2D eigenvalue weighted by Gasteiger charge is -2.08. The highest BCUT2D eigenvalue weighted by atomic mass is 16.5. The molecule has 124 valence electrons. The molecule has 0 atom stereocenters. The highest BCUT2D eigenvalue weighted by molar-refractivity contribution is 5.40. The molecule has 0 aliphatic heterocycles. The third kappa shape index (κ3) is 4.49. The second kappa shape index (κ2) is 8.01. The lowest BCUT2D eigenvalue weighted by Crippen LogP contribution is -2.09. The van der Waals surface area contributed by atoms with Gasteiger partial charge in [0.05, 0.1) is 19.9 Å². The van der Waals surface area contributed by atoms with Crippen LogP contribution in [0.1, 0.15) is 11.3 Å². The van der Waals surface area contributed by atoms with Gasteiger partial charge in [-0.15, -0.1) is 0 Å². The number of hydrogen-bond donors (Lipinski definition) is 2. The van der Waals surface area contributed by atoms with Crippen molar-refractivity contribution >= 4 is 11.8 Å². The average Bonchev–Trinajstić information content (AvgIpc) is 3.15. The van der Waals surface area contributed by atoms with Crippen LogP contribution in [0.2, 0.25) is 0 Å². The van der Waals surface area contributed by atoms with Gasteiger partial charge in [-0.3, -0.25) is 0 Å². The van der Waals surface area contributed by atoms with Gasteiger partial charge in [-0.2, -0.15) is 4.98 Å². The maximum absolute atomic E-state index is 5.29. The van der Waals surface area contributed by atoms with Gasteiger partial charge in [-0.25, -0.2) is 4.98 Å². The quantitative estimate of drug-likeness (QED) is 0.662. The summed E-state index contributed by atoms with van der Waals surface area (Å²) in [5, 5.41) is 6.45. The summed E-state index contributed by atoms with van der Waals surface area (Å²) in [6.07, 6.45) is 4.27. The predicted molar refractivity (Wildman–Crippen MR) is 93.3 cm³/mol. The van der Waals surface area contributed by atoms with Gasteiger partial charge in [0.1, 0.15) is 17.3 Å². The Morgan fingerprint density at radius 1 is 1.08 bits per heavy atom. The number of rotatable bonds is 8. The van der Waals surface area contributed by atoms with Gasteiger partial charge in [-0.1, -0.05) is 12.1 Å². The summed E-state index contributed by atoms with van der Waals surface area (Å²) in [7, 11) is 1.67. The van der Waals surface area contributed by atoms with E-state index in [1.165, 1.54) is 5.56 Å². The summed E-state index contributed by atoms with van der Waals surface area (Å²) in [5.74, 6) is 3.09. The normalized spacial score (nSPS) is 10.4. The Morgan fingerprint density at radius 3 is 2.71 bits per heavy atom. The number of ether oxygens (including phenoxy) is 1. The molecule has 6 nitrogen and oxygen atoms in total. The molecular formula is C18H20N4O2. The van der Waals surface area contributed by atoms with Crippen molar-refractivity contribution in [2.75, 3.05) is 24.3 Å². The molecule has 0 aliphatic rings. The van der Waals surface area contributed by atoms with Crippen molar-refractivity contribution in [3.8, 4) is 5.75 Å². The fraction of sp³-hybridized carbons (Fsp3) is 0.222. The molecule has 0 spiro atoms. The van der Waals surface area contributed by atoms with E-state index in [1.54, 1.807) is 19.6 Å². The molecule has 0 radical (unpaired) electrons. The zero-order valence-corrected chi connectivity index (χ0v) is 13.5. The van der Waals surface area contributed by atoms with Gasteiger partial charge in [0.2, 0.25) is 5.95 Å². The molecule has 3 rings (SSSR count). The highest BCUT2D eigenvalue weighted by Crippen LogP contribution is 2.12. The Morgan fingerprint density at radius 2 is 1.96 bits per heavy atom. The molecule has 0 saturated heterocycles. The minimum absolute atomic E-state index is 0.593. The summed E-state index contributed by atoms with van der Waals surface area (Å²) in [5.41, 5.74) is 1.23. The topological polar surface area (TPSA) is 72.2 Å². The van der Waals surface area contributed by atoms with Gasteiger partial charge < -0.3 is 19.8 Å². The molecule has 0 bridgehead atoms. The average molecular weight is 324 g/mol. The number of methoxy groups -OCH3 is 1. The van der Waals surface area contributed by atoms with E-state index < -0.39 is 0 Å². The Balaban J connectivity index is 1.48. The molecule has 0 fully saturated rings. The number of furan rings is 1. The maximum atomic E-state index is 5.29. The van der Waals surface area contributed by atoms with E-state index in [0.717, 1.165) is 30.3 Å². The van der Waals surface area contributed by atoms with Crippen LogP contribution >= 0.6 is 0 Å². The maximum Gasteiger partial charge on any atom is 0.224 e. The Bertz CT molecular complexity index is 742. The number of aromatic nitrogens is 2. The summed E-state index contributed by atoms with van der Waals surface area (Å²) in [6, 6.07) is 13.7. The minimum Gasteiger partial charge on any atom is -0.497 e. The van der Waals surface area contributed by atoms with Crippen LogP contribution in [0.4, 0.5) is 11.8 Å². The number of nitrogens with one attached hydrogen (secondary N) is 2. The van der Waals surface area contributed by atoms with Gasteiger partial charge in [0.15, 0.2) is 0 Å². The Hall–Kier alpha value is -3.02. The summed E-state index contributed by atoms with van der Waals surface area (Å²) in [4.78, 5) is 8.67. The van der Waals surface area contributed by atoms with E-state index in [9.17, 15) is 0 Å². The van der Waals surface area contributed by atoms with Crippen LogP contribution in [0.15, 0.2) is 59.3 Å². The van der Waals surface area contributed by atoms with E-state index in [-0.39, 0.29) is 0 Å². The number of anilines is 2. The minimum atomic E-state index is 0.593. The van der Waals surface area contributed by atoms with Crippen molar-refractivity contribution in [3.05, 3.63) is 66.2 Å². The molecule has 2 N–H and O–H groups in total. The molecule has 0 aliphatic carbocycles. The van der Waals surface area contributed by atoms with Crippen LogP contribution in [-0.2, 0) is 13.0 Å². The molecule has 1 aromatic carbocycles. The van der Waals surface area contributed by atoms with Crippen LogP contribution in [0.3, 0.4) is 0 Å². The number of nitrogens with zero attached hydrogens (tertiary/aromatic N) is 2. The lowest BCUT2D eigenvalue weighted by molar-refractivity contribution is 0.414. The zero-order chi connectivity index (χ0) is 16.6. The molecular weight excluding hydrogens is 304 g/mol. The van der Waals surface area contributed by atoms with E-state index in [1.807, 2.05) is 30.3 Å². The van der Waals surface area contributed by atoms with Gasteiger partial charge in [-0.05, 0) is 42.3 Å². The molecule has 24 heavy (non-hydrogen) atoms. The molecule has 3 aromatic rings. The fourth-order valence-corrected chi connectivity index (χ4v) is 2.24. The van der Waals surface area contributed by atoms with Crippen molar-refractivity contribution in [2.45, 2.75) is 13.0 Å². The van der Waals surface area contributed by atoms with Crippen LogP contribution < -0.4 is 15.4 Å². The lowest BCUT2D eigenvalue weighted by atomic mass is 10.1. The second-order valence-electron chi connectivity index (χ2n) is 5.22. The van der Waals surface area contributed by atoms with Crippen molar-refractivity contribution < 1.29 is 9.15 Å². The largest absolute Gasteiger partial charge is 0.497 e. The first kappa shape index (κ1) is 15.9. The predicted octanol–water partition coefficient (Wildman–Crippen LogP) is 3.34. The second-order valence-corrected chi connectivity index (χ2v) is 5.22. The van der Waals surface area contributed by atoms with Crippen molar-refractivity contribution in [3.63, 3.8) is 0 Å². The summed E-state index contributed by atoms with van der Waals surface area (Å²) < 4.78 is 10.4. The Kier molecular flexibility index (Phi) is 5.29. The highest BCUT2D eigenvalue weighted by Gasteiger charge is 2.01. The first-order valence-corrected chi connectivity index (χ1v) is 7.79. The number of hydrogen-bond acceptors (Lipinski definition) is 6. The summed E-state index contributed by atoms with van der Waals surface area (Å²) >= 11 is 0. The third-order valence-corrected chi connectivity index (χ3v) is 3.54. The van der Waals surface area contributed by atoms with Crippen molar-refractivity contribution in [2.24, 2.45) is 0 Å². The van der Waals surface area contributed by atoms with Crippen LogP contribution in [0, 0.1) is 0 Å². The molecule has 2 aromatic heterocycles. The third-order valence-electron chi connectivity index (χ3n) is 3.54. The Labute approximate surface area is 140 Å². The first-order valence-electron chi connectivity index (χ1n) is 7.79. The zero-order valence-electron chi connectivity index (χ0n) is 13.5. The van der Waals surface area contributed by atoms with Gasteiger partial charge in [0.25, 0.3) is 0 Å². The van der Waals surface area contributed by atoms with E-state index in [2.05, 4.69) is 32.7 Å². The van der Waals surface area contributed by atoms with Crippen LogP contribution in [0.25, 0.3) is 0 Å².